The predicted octanol–water partition coefficient (Wildman–Crippen LogP) is 1.13. The number of hydrogen-bond donors (Lipinski definition) is 1. The average molecular weight is 288 g/mol. The zero-order chi connectivity index (χ0) is 14.5. The summed E-state index contributed by atoms with van der Waals surface area (Å²) >= 11 is 0. The molecule has 0 aromatic carbocycles. The third-order valence-electron chi connectivity index (χ3n) is 3.53. The largest absolute Gasteiger partial charge is 0.378 e. The highest BCUT2D eigenvalue weighted by Gasteiger charge is 2.18. The Morgan fingerprint density at radius 1 is 1.00 bits per heavy atom. The summed E-state index contributed by atoms with van der Waals surface area (Å²) in [5, 5.41) is 3.22. The van der Waals surface area contributed by atoms with Crippen LogP contribution >= 0.6 is 0 Å². The van der Waals surface area contributed by atoms with Crippen molar-refractivity contribution in [3.8, 4) is 0 Å². The molecule has 5 heteroatoms. The Hall–Kier alpha value is -0.200. The fraction of sp³-hybridized carbons (Fsp3) is 1.00. The molecule has 1 N–H and O–H groups in total. The third-order valence-corrected chi connectivity index (χ3v) is 3.53. The average Bonchev–Trinajstić information content (AvgIpc) is 2.47. The van der Waals surface area contributed by atoms with E-state index in [2.05, 4.69) is 24.1 Å². The van der Waals surface area contributed by atoms with Gasteiger partial charge in [0.2, 0.25) is 0 Å². The van der Waals surface area contributed by atoms with Crippen LogP contribution in [0.25, 0.3) is 0 Å². The number of nitrogens with zero attached hydrogens (tertiary/aromatic N) is 1. The lowest BCUT2D eigenvalue weighted by molar-refractivity contribution is 0.00143. The molecular formula is C15H32N2O3. The fourth-order valence-corrected chi connectivity index (χ4v) is 2.37. The minimum Gasteiger partial charge on any atom is -0.378 e. The summed E-state index contributed by atoms with van der Waals surface area (Å²) in [5.74, 6) is 0. The van der Waals surface area contributed by atoms with Crippen LogP contribution in [0.3, 0.4) is 0 Å². The Labute approximate surface area is 123 Å². The van der Waals surface area contributed by atoms with Crippen molar-refractivity contribution < 1.29 is 14.2 Å². The molecule has 1 rings (SSSR count). The predicted molar refractivity (Wildman–Crippen MR) is 81.3 cm³/mol. The molecule has 0 radical (unpaired) electrons. The van der Waals surface area contributed by atoms with E-state index in [9.17, 15) is 0 Å². The van der Waals surface area contributed by atoms with Gasteiger partial charge in [0.05, 0.1) is 32.5 Å². The highest BCUT2D eigenvalue weighted by Crippen LogP contribution is 2.12. The third kappa shape index (κ3) is 8.87. The van der Waals surface area contributed by atoms with Gasteiger partial charge in [0.1, 0.15) is 0 Å². The number of ether oxygens (including phenoxy) is 3. The van der Waals surface area contributed by atoms with E-state index in [4.69, 9.17) is 14.2 Å². The summed E-state index contributed by atoms with van der Waals surface area (Å²) in [6, 6.07) is 0. The molecule has 0 aromatic heterocycles. The number of nitrogens with one attached hydrogen (secondary N) is 1. The second-order valence-corrected chi connectivity index (χ2v) is 5.07. The van der Waals surface area contributed by atoms with Crippen LogP contribution < -0.4 is 5.32 Å². The topological polar surface area (TPSA) is 43.0 Å². The van der Waals surface area contributed by atoms with Gasteiger partial charge in [-0.2, -0.15) is 0 Å². The van der Waals surface area contributed by atoms with Crippen LogP contribution in [0.5, 0.6) is 0 Å². The van der Waals surface area contributed by atoms with Crippen LogP contribution in [0, 0.1) is 0 Å². The van der Waals surface area contributed by atoms with Gasteiger partial charge >= 0.3 is 0 Å². The van der Waals surface area contributed by atoms with Crippen molar-refractivity contribution in [2.75, 3.05) is 65.8 Å². The molecule has 120 valence electrons. The molecule has 1 fully saturated rings. The lowest BCUT2D eigenvalue weighted by Gasteiger charge is -2.31. The Morgan fingerprint density at radius 3 is 2.35 bits per heavy atom. The maximum atomic E-state index is 5.65. The zero-order valence-corrected chi connectivity index (χ0v) is 13.2. The van der Waals surface area contributed by atoms with Crippen molar-refractivity contribution in [3.63, 3.8) is 0 Å². The van der Waals surface area contributed by atoms with Gasteiger partial charge in [-0.15, -0.1) is 0 Å². The zero-order valence-electron chi connectivity index (χ0n) is 13.2. The highest BCUT2D eigenvalue weighted by molar-refractivity contribution is 4.72. The van der Waals surface area contributed by atoms with Gasteiger partial charge < -0.3 is 24.4 Å². The van der Waals surface area contributed by atoms with Crippen LogP contribution in [-0.4, -0.2) is 76.8 Å². The van der Waals surface area contributed by atoms with E-state index in [0.29, 0.717) is 19.3 Å². The van der Waals surface area contributed by atoms with Gasteiger partial charge in [0.15, 0.2) is 0 Å². The van der Waals surface area contributed by atoms with Gasteiger partial charge in [-0.25, -0.2) is 0 Å². The monoisotopic (exact) mass is 288 g/mol. The second-order valence-electron chi connectivity index (χ2n) is 5.07. The van der Waals surface area contributed by atoms with Crippen molar-refractivity contribution in [1.29, 1.82) is 0 Å². The van der Waals surface area contributed by atoms with Crippen LogP contribution in [0.2, 0.25) is 0 Å². The molecule has 0 unspecified atom stereocenters. The lowest BCUT2D eigenvalue weighted by Crippen LogP contribution is -2.38. The molecule has 0 aliphatic carbocycles. The summed E-state index contributed by atoms with van der Waals surface area (Å²) in [4.78, 5) is 2.46. The van der Waals surface area contributed by atoms with Crippen molar-refractivity contribution in [3.05, 3.63) is 0 Å². The highest BCUT2D eigenvalue weighted by atomic mass is 16.5. The first kappa shape index (κ1) is 17.9. The molecule has 0 saturated carbocycles. The molecule has 0 spiro atoms. The van der Waals surface area contributed by atoms with Crippen molar-refractivity contribution in [2.45, 2.75) is 32.8 Å². The summed E-state index contributed by atoms with van der Waals surface area (Å²) in [6.07, 6.45) is 2.78. The van der Waals surface area contributed by atoms with Crippen molar-refractivity contribution in [1.82, 2.24) is 10.2 Å². The molecule has 0 amide bonds. The Morgan fingerprint density at radius 2 is 1.70 bits per heavy atom. The second kappa shape index (κ2) is 12.5. The van der Waals surface area contributed by atoms with Gasteiger partial charge in [0, 0.05) is 32.8 Å². The first-order valence-corrected chi connectivity index (χ1v) is 8.07. The van der Waals surface area contributed by atoms with Crippen LogP contribution in [-0.2, 0) is 14.2 Å². The van der Waals surface area contributed by atoms with Gasteiger partial charge in [0.25, 0.3) is 0 Å². The van der Waals surface area contributed by atoms with E-state index in [-0.39, 0.29) is 0 Å². The number of piperidine rings is 1. The molecule has 1 saturated heterocycles. The number of likely N-dealkylation sites (N-methyl/N-ethyl adjacent to an activating group) is 1. The Balaban J connectivity index is 1.83. The molecule has 1 aliphatic heterocycles. The molecule has 1 aliphatic rings. The number of rotatable bonds is 12. The van der Waals surface area contributed by atoms with E-state index in [1.807, 2.05) is 0 Å². The smallest absolute Gasteiger partial charge is 0.0701 e. The van der Waals surface area contributed by atoms with Gasteiger partial charge in [-0.1, -0.05) is 6.92 Å². The van der Waals surface area contributed by atoms with E-state index in [1.165, 1.54) is 0 Å². The minimum atomic E-state index is 0.474. The maximum Gasteiger partial charge on any atom is 0.0701 e. The molecule has 0 aromatic rings. The van der Waals surface area contributed by atoms with Crippen LogP contribution in [0.4, 0.5) is 0 Å². The maximum absolute atomic E-state index is 5.65. The lowest BCUT2D eigenvalue weighted by atomic mass is 10.1. The number of likely N-dealkylation sites (tertiary alicyclic amines) is 1. The van der Waals surface area contributed by atoms with Crippen LogP contribution in [0.1, 0.15) is 26.7 Å². The summed E-state index contributed by atoms with van der Waals surface area (Å²) < 4.78 is 16.7. The summed E-state index contributed by atoms with van der Waals surface area (Å²) in [5.41, 5.74) is 0. The molecule has 20 heavy (non-hydrogen) atoms. The van der Waals surface area contributed by atoms with Gasteiger partial charge in [-0.05, 0) is 26.3 Å². The number of hydrogen-bond acceptors (Lipinski definition) is 5. The molecular weight excluding hydrogens is 256 g/mol. The summed E-state index contributed by atoms with van der Waals surface area (Å²) in [7, 11) is 0. The van der Waals surface area contributed by atoms with E-state index in [1.54, 1.807) is 0 Å². The molecule has 0 atom stereocenters. The molecule has 5 nitrogen and oxygen atoms in total. The fourth-order valence-electron chi connectivity index (χ4n) is 2.37. The molecule has 1 heterocycles. The van der Waals surface area contributed by atoms with Crippen LogP contribution in [0.15, 0.2) is 0 Å². The van der Waals surface area contributed by atoms with E-state index >= 15 is 0 Å². The van der Waals surface area contributed by atoms with Crippen molar-refractivity contribution in [2.24, 2.45) is 0 Å². The van der Waals surface area contributed by atoms with E-state index < -0.39 is 0 Å². The Bertz CT molecular complexity index is 209. The standard InChI is InChI=1S/C15H32N2O3/c1-3-16-7-11-18-13-14-19-12-10-17-8-5-15(6-9-17)20-4-2/h15-16H,3-14H2,1-2H3. The Kier molecular flexibility index (Phi) is 11.2. The molecule has 0 bridgehead atoms. The summed E-state index contributed by atoms with van der Waals surface area (Å²) in [6.45, 7) is 13.2. The van der Waals surface area contributed by atoms with E-state index in [0.717, 1.165) is 65.4 Å². The minimum absolute atomic E-state index is 0.474. The normalized spacial score (nSPS) is 17.7. The van der Waals surface area contributed by atoms with Crippen molar-refractivity contribution >= 4 is 0 Å². The SMILES string of the molecule is CCNCCOCCOCCN1CCC(OCC)CC1. The first-order chi connectivity index (χ1) is 9.86. The first-order valence-electron chi connectivity index (χ1n) is 8.07. The van der Waals surface area contributed by atoms with Gasteiger partial charge in [-0.3, -0.25) is 0 Å². The quantitative estimate of drug-likeness (QED) is 0.545.